The summed E-state index contributed by atoms with van der Waals surface area (Å²) in [6.07, 6.45) is 2.44. The molecule has 2 unspecified atom stereocenters. The van der Waals surface area contributed by atoms with Crippen molar-refractivity contribution in [3.63, 3.8) is 0 Å². The average molecular weight is 204 g/mol. The summed E-state index contributed by atoms with van der Waals surface area (Å²) in [5, 5.41) is 0.360. The molecular formula is C10H20O2S. The largest absolute Gasteiger partial charge is 0.469 e. The first-order chi connectivity index (χ1) is 6.13. The fourth-order valence-corrected chi connectivity index (χ4v) is 2.16. The Hall–Kier alpha value is -0.180. The molecule has 0 aliphatic rings. The highest BCUT2D eigenvalue weighted by Crippen LogP contribution is 2.21. The van der Waals surface area contributed by atoms with Gasteiger partial charge in [0, 0.05) is 5.25 Å². The van der Waals surface area contributed by atoms with Crippen LogP contribution in [0.4, 0.5) is 0 Å². The number of carbonyl (C=O) groups excluding carboxylic acids is 1. The molecule has 0 aliphatic carbocycles. The molecule has 0 fully saturated rings. The standard InChI is InChI=1S/C10H20O2S/c1-5-6-7-13-9(3)8(2)10(11)12-4/h8-9H,5-7H2,1-4H3. The van der Waals surface area contributed by atoms with Crippen molar-refractivity contribution in [3.8, 4) is 0 Å². The average Bonchev–Trinajstić information content (AvgIpc) is 2.15. The van der Waals surface area contributed by atoms with Crippen molar-refractivity contribution >= 4 is 17.7 Å². The van der Waals surface area contributed by atoms with Gasteiger partial charge in [-0.05, 0) is 12.2 Å². The van der Waals surface area contributed by atoms with E-state index in [0.29, 0.717) is 5.25 Å². The van der Waals surface area contributed by atoms with Crippen LogP contribution in [0.25, 0.3) is 0 Å². The van der Waals surface area contributed by atoms with Gasteiger partial charge in [0.05, 0.1) is 13.0 Å². The maximum absolute atomic E-state index is 11.2. The number of methoxy groups -OCH3 is 1. The van der Waals surface area contributed by atoms with Crippen molar-refractivity contribution in [2.24, 2.45) is 5.92 Å². The molecule has 0 amide bonds. The van der Waals surface area contributed by atoms with Gasteiger partial charge in [0.15, 0.2) is 0 Å². The van der Waals surface area contributed by atoms with Crippen LogP contribution in [0.3, 0.4) is 0 Å². The summed E-state index contributed by atoms with van der Waals surface area (Å²) in [4.78, 5) is 11.2. The van der Waals surface area contributed by atoms with Gasteiger partial charge in [0.1, 0.15) is 0 Å². The summed E-state index contributed by atoms with van der Waals surface area (Å²) in [6.45, 7) is 6.19. The van der Waals surface area contributed by atoms with Crippen molar-refractivity contribution in [2.75, 3.05) is 12.9 Å². The Morgan fingerprint density at radius 1 is 1.46 bits per heavy atom. The van der Waals surface area contributed by atoms with Gasteiger partial charge in [-0.3, -0.25) is 4.79 Å². The van der Waals surface area contributed by atoms with Crippen LogP contribution in [0, 0.1) is 5.92 Å². The predicted octanol–water partition coefficient (Wildman–Crippen LogP) is 2.72. The topological polar surface area (TPSA) is 26.3 Å². The van der Waals surface area contributed by atoms with Crippen LogP contribution < -0.4 is 0 Å². The molecule has 0 radical (unpaired) electrons. The van der Waals surface area contributed by atoms with Crippen LogP contribution in [0.1, 0.15) is 33.6 Å². The number of esters is 1. The molecule has 0 spiro atoms. The first-order valence-electron chi connectivity index (χ1n) is 4.82. The van der Waals surface area contributed by atoms with E-state index < -0.39 is 0 Å². The molecule has 0 N–H and O–H groups in total. The zero-order valence-corrected chi connectivity index (χ0v) is 9.82. The van der Waals surface area contributed by atoms with Crippen molar-refractivity contribution in [3.05, 3.63) is 0 Å². The van der Waals surface area contributed by atoms with Crippen molar-refractivity contribution < 1.29 is 9.53 Å². The predicted molar refractivity (Wildman–Crippen MR) is 58.0 cm³/mol. The molecule has 0 saturated heterocycles. The molecule has 0 aromatic heterocycles. The number of ether oxygens (including phenoxy) is 1. The Balaban J connectivity index is 3.68. The lowest BCUT2D eigenvalue weighted by Gasteiger charge is -2.16. The van der Waals surface area contributed by atoms with Gasteiger partial charge in [0.25, 0.3) is 0 Å². The summed E-state index contributed by atoms with van der Waals surface area (Å²) in [6, 6.07) is 0. The first-order valence-corrected chi connectivity index (χ1v) is 5.87. The van der Waals surface area contributed by atoms with E-state index in [1.54, 1.807) is 0 Å². The Bertz CT molecular complexity index is 148. The highest BCUT2D eigenvalue weighted by molar-refractivity contribution is 7.99. The Morgan fingerprint density at radius 2 is 2.08 bits per heavy atom. The molecule has 78 valence electrons. The smallest absolute Gasteiger partial charge is 0.309 e. The lowest BCUT2D eigenvalue weighted by Crippen LogP contribution is -2.22. The number of hydrogen-bond donors (Lipinski definition) is 0. The third-order valence-corrected chi connectivity index (χ3v) is 3.61. The van der Waals surface area contributed by atoms with E-state index in [1.807, 2.05) is 18.7 Å². The van der Waals surface area contributed by atoms with Crippen LogP contribution in [0.2, 0.25) is 0 Å². The zero-order valence-electron chi connectivity index (χ0n) is 9.00. The molecular weight excluding hydrogens is 184 g/mol. The highest BCUT2D eigenvalue weighted by atomic mass is 32.2. The number of unbranched alkanes of at least 4 members (excludes halogenated alkanes) is 1. The second-order valence-electron chi connectivity index (χ2n) is 3.24. The van der Waals surface area contributed by atoms with Crippen LogP contribution in [-0.2, 0) is 9.53 Å². The van der Waals surface area contributed by atoms with Gasteiger partial charge in [-0.2, -0.15) is 11.8 Å². The number of hydrogen-bond acceptors (Lipinski definition) is 3. The van der Waals surface area contributed by atoms with Gasteiger partial charge in [-0.15, -0.1) is 0 Å². The third-order valence-electron chi connectivity index (χ3n) is 2.16. The number of rotatable bonds is 6. The second kappa shape index (κ2) is 7.25. The van der Waals surface area contributed by atoms with Crippen molar-refractivity contribution in [1.82, 2.24) is 0 Å². The monoisotopic (exact) mass is 204 g/mol. The maximum atomic E-state index is 11.2. The molecule has 3 heteroatoms. The molecule has 0 aromatic carbocycles. The minimum absolute atomic E-state index is 0.00635. The van der Waals surface area contributed by atoms with Gasteiger partial charge < -0.3 is 4.74 Å². The molecule has 13 heavy (non-hydrogen) atoms. The van der Waals surface area contributed by atoms with E-state index in [0.717, 1.165) is 5.75 Å². The Labute approximate surface area is 85.4 Å². The van der Waals surface area contributed by atoms with Gasteiger partial charge in [-0.1, -0.05) is 27.2 Å². The van der Waals surface area contributed by atoms with Crippen LogP contribution in [0.15, 0.2) is 0 Å². The van der Waals surface area contributed by atoms with E-state index in [-0.39, 0.29) is 11.9 Å². The quantitative estimate of drug-likeness (QED) is 0.491. The van der Waals surface area contributed by atoms with Crippen LogP contribution >= 0.6 is 11.8 Å². The van der Waals surface area contributed by atoms with E-state index in [4.69, 9.17) is 0 Å². The molecule has 0 bridgehead atoms. The fourth-order valence-electron chi connectivity index (χ4n) is 0.935. The summed E-state index contributed by atoms with van der Waals surface area (Å²) in [5.74, 6) is 1.04. The molecule has 0 heterocycles. The molecule has 2 nitrogen and oxygen atoms in total. The summed E-state index contributed by atoms with van der Waals surface area (Å²) < 4.78 is 4.69. The lowest BCUT2D eigenvalue weighted by molar-refractivity contribution is -0.144. The van der Waals surface area contributed by atoms with E-state index in [2.05, 4.69) is 18.6 Å². The summed E-state index contributed by atoms with van der Waals surface area (Å²) in [7, 11) is 1.45. The molecule has 2 atom stereocenters. The van der Waals surface area contributed by atoms with E-state index >= 15 is 0 Å². The minimum atomic E-state index is -0.100. The minimum Gasteiger partial charge on any atom is -0.469 e. The molecule has 0 aliphatic heterocycles. The normalized spacial score (nSPS) is 15.1. The SMILES string of the molecule is CCCCSC(C)C(C)C(=O)OC. The molecule has 0 aromatic rings. The van der Waals surface area contributed by atoms with E-state index in [9.17, 15) is 4.79 Å². The number of thioether (sulfide) groups is 1. The van der Waals surface area contributed by atoms with Crippen molar-refractivity contribution in [2.45, 2.75) is 38.9 Å². The zero-order chi connectivity index (χ0) is 10.3. The summed E-state index contributed by atoms with van der Waals surface area (Å²) in [5.41, 5.74) is 0. The van der Waals surface area contributed by atoms with Crippen LogP contribution in [0.5, 0.6) is 0 Å². The maximum Gasteiger partial charge on any atom is 0.309 e. The molecule has 0 saturated carbocycles. The summed E-state index contributed by atoms with van der Waals surface area (Å²) >= 11 is 1.85. The van der Waals surface area contributed by atoms with Crippen molar-refractivity contribution in [1.29, 1.82) is 0 Å². The van der Waals surface area contributed by atoms with Crippen LogP contribution in [-0.4, -0.2) is 24.1 Å². The van der Waals surface area contributed by atoms with Gasteiger partial charge >= 0.3 is 5.97 Å². The van der Waals surface area contributed by atoms with Gasteiger partial charge in [0.2, 0.25) is 0 Å². The first kappa shape index (κ1) is 12.8. The number of carbonyl (C=O) groups is 1. The fraction of sp³-hybridized carbons (Fsp3) is 0.900. The lowest BCUT2D eigenvalue weighted by atomic mass is 10.1. The second-order valence-corrected chi connectivity index (χ2v) is 4.73. The van der Waals surface area contributed by atoms with Gasteiger partial charge in [-0.25, -0.2) is 0 Å². The highest BCUT2D eigenvalue weighted by Gasteiger charge is 2.20. The Morgan fingerprint density at radius 3 is 2.54 bits per heavy atom. The molecule has 0 rings (SSSR count). The third kappa shape index (κ3) is 5.19. The van der Waals surface area contributed by atoms with E-state index in [1.165, 1.54) is 20.0 Å². The Kier molecular flexibility index (Phi) is 7.14.